The first-order chi connectivity index (χ1) is 11.9. The van der Waals surface area contributed by atoms with Crippen molar-refractivity contribution in [3.8, 4) is 23.0 Å². The SMILES string of the molecule is COc1cc(O)c(C(=O)CC(=O)c2ccc(OC)c(I)c2)c(OC)c1. The highest BCUT2D eigenvalue weighted by atomic mass is 127. The van der Waals surface area contributed by atoms with Gasteiger partial charge >= 0.3 is 0 Å². The second kappa shape index (κ2) is 8.19. The minimum absolute atomic E-state index is 0.0418. The molecule has 7 heteroatoms. The number of halogens is 1. The largest absolute Gasteiger partial charge is 0.507 e. The van der Waals surface area contributed by atoms with E-state index in [0.29, 0.717) is 17.1 Å². The third-order valence-corrected chi connectivity index (χ3v) is 4.43. The Hall–Kier alpha value is -2.29. The molecule has 0 aliphatic heterocycles. The van der Waals surface area contributed by atoms with Crippen molar-refractivity contribution in [3.63, 3.8) is 0 Å². The predicted molar refractivity (Wildman–Crippen MR) is 100 cm³/mol. The molecule has 0 fully saturated rings. The lowest BCUT2D eigenvalue weighted by Crippen LogP contribution is -2.10. The Labute approximate surface area is 158 Å². The Morgan fingerprint density at radius 3 is 2.20 bits per heavy atom. The molecule has 0 spiro atoms. The van der Waals surface area contributed by atoms with Gasteiger partial charge in [0.1, 0.15) is 28.6 Å². The first-order valence-corrected chi connectivity index (χ1v) is 8.34. The number of phenolic OH excluding ortho intramolecular Hbond substituents is 1. The first kappa shape index (κ1) is 19.0. The second-order valence-electron chi connectivity index (χ2n) is 5.10. The maximum absolute atomic E-state index is 12.5. The van der Waals surface area contributed by atoms with Crippen molar-refractivity contribution >= 4 is 34.2 Å². The second-order valence-corrected chi connectivity index (χ2v) is 6.26. The van der Waals surface area contributed by atoms with E-state index in [2.05, 4.69) is 22.6 Å². The number of aromatic hydroxyl groups is 1. The van der Waals surface area contributed by atoms with E-state index in [1.807, 2.05) is 0 Å². The molecular formula is C18H17IO6. The quantitative estimate of drug-likeness (QED) is 0.391. The zero-order chi connectivity index (χ0) is 18.6. The van der Waals surface area contributed by atoms with Crippen LogP contribution in [0.5, 0.6) is 23.0 Å². The molecule has 1 N–H and O–H groups in total. The molecule has 2 aromatic carbocycles. The summed E-state index contributed by atoms with van der Waals surface area (Å²) >= 11 is 2.05. The Kier molecular flexibility index (Phi) is 6.24. The summed E-state index contributed by atoms with van der Waals surface area (Å²) in [7, 11) is 4.35. The molecule has 2 aromatic rings. The number of phenols is 1. The number of ether oxygens (including phenoxy) is 3. The van der Waals surface area contributed by atoms with Crippen LogP contribution in [0.4, 0.5) is 0 Å². The summed E-state index contributed by atoms with van der Waals surface area (Å²) in [6.45, 7) is 0. The molecule has 0 saturated heterocycles. The zero-order valence-electron chi connectivity index (χ0n) is 14.0. The summed E-state index contributed by atoms with van der Waals surface area (Å²) < 4.78 is 16.1. The summed E-state index contributed by atoms with van der Waals surface area (Å²) in [5, 5.41) is 10.1. The van der Waals surface area contributed by atoms with Gasteiger partial charge in [-0.25, -0.2) is 0 Å². The van der Waals surface area contributed by atoms with Gasteiger partial charge in [-0.3, -0.25) is 9.59 Å². The van der Waals surface area contributed by atoms with Crippen molar-refractivity contribution in [2.75, 3.05) is 21.3 Å². The maximum atomic E-state index is 12.5. The Bertz CT molecular complexity index is 815. The van der Waals surface area contributed by atoms with Crippen molar-refractivity contribution in [2.24, 2.45) is 0 Å². The third-order valence-electron chi connectivity index (χ3n) is 3.58. The number of methoxy groups -OCH3 is 3. The van der Waals surface area contributed by atoms with Crippen LogP contribution in [0, 0.1) is 3.57 Å². The van der Waals surface area contributed by atoms with Gasteiger partial charge in [0.05, 0.1) is 31.3 Å². The van der Waals surface area contributed by atoms with Gasteiger partial charge in [0, 0.05) is 17.7 Å². The molecule has 25 heavy (non-hydrogen) atoms. The molecule has 0 aromatic heterocycles. The van der Waals surface area contributed by atoms with Gasteiger partial charge in [0.2, 0.25) is 0 Å². The number of benzene rings is 2. The average Bonchev–Trinajstić information content (AvgIpc) is 2.60. The summed E-state index contributed by atoms with van der Waals surface area (Å²) in [5.74, 6) is -0.0344. The highest BCUT2D eigenvalue weighted by Crippen LogP contribution is 2.34. The van der Waals surface area contributed by atoms with Gasteiger partial charge in [0.25, 0.3) is 0 Å². The van der Waals surface area contributed by atoms with E-state index in [1.165, 1.54) is 26.4 Å². The van der Waals surface area contributed by atoms with E-state index in [-0.39, 0.29) is 22.8 Å². The Morgan fingerprint density at radius 2 is 1.64 bits per heavy atom. The van der Waals surface area contributed by atoms with Crippen LogP contribution in [-0.2, 0) is 0 Å². The monoisotopic (exact) mass is 456 g/mol. The fraction of sp³-hybridized carbons (Fsp3) is 0.222. The average molecular weight is 456 g/mol. The topological polar surface area (TPSA) is 82.1 Å². The number of Topliss-reactive ketones (excluding diaryl/α,β-unsaturated/α-hetero) is 2. The van der Waals surface area contributed by atoms with Crippen LogP contribution in [0.3, 0.4) is 0 Å². The molecule has 0 atom stereocenters. The van der Waals surface area contributed by atoms with Crippen LogP contribution in [0.1, 0.15) is 27.1 Å². The standard InChI is InChI=1S/C18H17IO6/c1-23-11-7-14(21)18(17(8-11)25-3)15(22)9-13(20)10-4-5-16(24-2)12(19)6-10/h4-8,21H,9H2,1-3H3. The number of hydrogen-bond acceptors (Lipinski definition) is 6. The summed E-state index contributed by atoms with van der Waals surface area (Å²) in [6, 6.07) is 7.71. The van der Waals surface area contributed by atoms with Crippen molar-refractivity contribution in [3.05, 3.63) is 45.0 Å². The molecule has 132 valence electrons. The Morgan fingerprint density at radius 1 is 0.960 bits per heavy atom. The van der Waals surface area contributed by atoms with E-state index in [0.717, 1.165) is 3.57 Å². The molecule has 0 unspecified atom stereocenters. The van der Waals surface area contributed by atoms with E-state index < -0.39 is 12.2 Å². The van der Waals surface area contributed by atoms with Crippen LogP contribution in [-0.4, -0.2) is 38.0 Å². The van der Waals surface area contributed by atoms with Crippen LogP contribution < -0.4 is 14.2 Å². The number of hydrogen-bond donors (Lipinski definition) is 1. The molecule has 0 aliphatic carbocycles. The molecule has 0 aliphatic rings. The lowest BCUT2D eigenvalue weighted by atomic mass is 10.00. The van der Waals surface area contributed by atoms with Crippen molar-refractivity contribution in [2.45, 2.75) is 6.42 Å². The first-order valence-electron chi connectivity index (χ1n) is 7.26. The fourth-order valence-electron chi connectivity index (χ4n) is 2.31. The molecule has 6 nitrogen and oxygen atoms in total. The lowest BCUT2D eigenvalue weighted by Gasteiger charge is -2.12. The van der Waals surface area contributed by atoms with Gasteiger partial charge in [-0.1, -0.05) is 0 Å². The fourth-order valence-corrected chi connectivity index (χ4v) is 3.05. The van der Waals surface area contributed by atoms with Gasteiger partial charge in [-0.2, -0.15) is 0 Å². The van der Waals surface area contributed by atoms with Crippen LogP contribution in [0.15, 0.2) is 30.3 Å². The minimum atomic E-state index is -0.534. The van der Waals surface area contributed by atoms with Crippen molar-refractivity contribution in [1.29, 1.82) is 0 Å². The number of ketones is 2. The highest BCUT2D eigenvalue weighted by Gasteiger charge is 2.22. The van der Waals surface area contributed by atoms with Gasteiger partial charge in [-0.15, -0.1) is 0 Å². The van der Waals surface area contributed by atoms with E-state index >= 15 is 0 Å². The smallest absolute Gasteiger partial charge is 0.178 e. The molecule has 0 heterocycles. The predicted octanol–water partition coefficient (Wildman–Crippen LogP) is 3.48. The van der Waals surface area contributed by atoms with Gasteiger partial charge < -0.3 is 19.3 Å². The van der Waals surface area contributed by atoms with E-state index in [4.69, 9.17) is 14.2 Å². The van der Waals surface area contributed by atoms with E-state index in [1.54, 1.807) is 25.3 Å². The lowest BCUT2D eigenvalue weighted by molar-refractivity contribution is 0.0891. The van der Waals surface area contributed by atoms with Gasteiger partial charge in [0.15, 0.2) is 11.6 Å². The van der Waals surface area contributed by atoms with Crippen molar-refractivity contribution in [1.82, 2.24) is 0 Å². The molecular weight excluding hydrogens is 439 g/mol. The summed E-state index contributed by atoms with van der Waals surface area (Å²) in [5.41, 5.74) is 0.352. The van der Waals surface area contributed by atoms with Crippen LogP contribution >= 0.6 is 22.6 Å². The van der Waals surface area contributed by atoms with Crippen LogP contribution in [0.2, 0.25) is 0 Å². The highest BCUT2D eigenvalue weighted by molar-refractivity contribution is 14.1. The molecule has 0 amide bonds. The molecule has 0 bridgehead atoms. The molecule has 2 rings (SSSR count). The summed E-state index contributed by atoms with van der Waals surface area (Å²) in [4.78, 5) is 24.9. The number of rotatable bonds is 7. The number of carbonyl (C=O) groups excluding carboxylic acids is 2. The number of carbonyl (C=O) groups is 2. The van der Waals surface area contributed by atoms with Crippen LogP contribution in [0.25, 0.3) is 0 Å². The van der Waals surface area contributed by atoms with E-state index in [9.17, 15) is 14.7 Å². The zero-order valence-corrected chi connectivity index (χ0v) is 16.1. The molecule has 0 radical (unpaired) electrons. The summed E-state index contributed by atoms with van der Waals surface area (Å²) in [6.07, 6.45) is -0.390. The third kappa shape index (κ3) is 4.22. The normalized spacial score (nSPS) is 10.2. The minimum Gasteiger partial charge on any atom is -0.507 e. The van der Waals surface area contributed by atoms with Crippen molar-refractivity contribution < 1.29 is 28.9 Å². The maximum Gasteiger partial charge on any atom is 0.178 e. The van der Waals surface area contributed by atoms with Gasteiger partial charge in [-0.05, 0) is 40.8 Å². The molecule has 0 saturated carbocycles. The Balaban J connectivity index is 2.27.